The molecule has 0 aliphatic heterocycles. The number of amides is 1. The van der Waals surface area contributed by atoms with Crippen molar-refractivity contribution in [3.05, 3.63) is 46.2 Å². The van der Waals surface area contributed by atoms with Crippen molar-refractivity contribution in [1.29, 1.82) is 0 Å². The maximum atomic E-state index is 13.7. The number of Topliss-reactive ketones (excluding diaryl/α,β-unsaturated/α-hetero) is 2. The smallest absolute Gasteiger partial charge is 0.255 e. The van der Waals surface area contributed by atoms with Crippen LogP contribution in [-0.4, -0.2) is 84.9 Å². The Bertz CT molecular complexity index is 1190. The lowest BCUT2D eigenvalue weighted by atomic mass is 9.53. The van der Waals surface area contributed by atoms with E-state index >= 15 is 0 Å². The molecule has 1 amide bonds. The van der Waals surface area contributed by atoms with Crippen molar-refractivity contribution in [3.63, 3.8) is 0 Å². The van der Waals surface area contributed by atoms with E-state index in [2.05, 4.69) is 0 Å². The second kappa shape index (κ2) is 7.79. The van der Waals surface area contributed by atoms with Gasteiger partial charge in [-0.25, -0.2) is 0 Å². The van der Waals surface area contributed by atoms with Crippen LogP contribution in [0.4, 0.5) is 0 Å². The van der Waals surface area contributed by atoms with Crippen molar-refractivity contribution in [2.45, 2.75) is 30.3 Å². The predicted octanol–water partition coefficient (Wildman–Crippen LogP) is -0.978. The Morgan fingerprint density at radius 2 is 1.71 bits per heavy atom. The number of aliphatic hydroxyl groups is 5. The minimum atomic E-state index is -3.02. The van der Waals surface area contributed by atoms with Crippen LogP contribution in [0.2, 0.25) is 0 Å². The number of carbonyl (C=O) groups is 3. The molecule has 1 saturated carbocycles. The second-order valence-electron chi connectivity index (χ2n) is 9.06. The number of ketones is 2. The van der Waals surface area contributed by atoms with Gasteiger partial charge in [0.25, 0.3) is 5.91 Å². The molecule has 0 aromatic heterocycles. The van der Waals surface area contributed by atoms with Crippen LogP contribution < -0.4 is 5.73 Å². The number of nitrogens with two attached hydrogens (primary N) is 1. The number of aliphatic hydroxyl groups excluding tert-OH is 3. The Hall–Kier alpha value is -2.96. The van der Waals surface area contributed by atoms with Crippen LogP contribution in [0.5, 0.6) is 5.75 Å². The predicted molar refractivity (Wildman–Crippen MR) is 119 cm³/mol. The Balaban J connectivity index is 0.00000324. The van der Waals surface area contributed by atoms with Gasteiger partial charge in [-0.2, -0.15) is 0 Å². The Morgan fingerprint density at radius 1 is 1.12 bits per heavy atom. The minimum Gasteiger partial charge on any atom is -0.508 e. The first-order chi connectivity index (χ1) is 15.2. The molecule has 0 heterocycles. The van der Waals surface area contributed by atoms with Crippen LogP contribution in [0.15, 0.2) is 35.1 Å². The van der Waals surface area contributed by atoms with Gasteiger partial charge in [-0.05, 0) is 32.6 Å². The standard InChI is InChI=1S/C22H24N2O9.ClH/c1-21(32)7-5-4-6-8(25)9(7)15(26)10-12(21)17(28)13-14(24(2)3)16(27)11(20(23)31)19(30)22(13,33)18(10)29;/h4-6,12-14,17,25-26,28,30,32-33H,1-3H3,(H2,23,31);1H/t12-,13+,14-,17-,21+,22-;/m0./s1. The molecule has 3 aliphatic rings. The van der Waals surface area contributed by atoms with E-state index in [1.807, 2.05) is 0 Å². The van der Waals surface area contributed by atoms with E-state index < -0.39 is 81.1 Å². The van der Waals surface area contributed by atoms with Crippen molar-refractivity contribution in [2.24, 2.45) is 17.6 Å². The molecule has 184 valence electrons. The third-order valence-electron chi connectivity index (χ3n) is 7.03. The highest BCUT2D eigenvalue weighted by Crippen LogP contribution is 2.57. The van der Waals surface area contributed by atoms with Gasteiger partial charge in [0.1, 0.15) is 22.8 Å². The molecule has 0 radical (unpaired) electrons. The Labute approximate surface area is 199 Å². The first kappa shape index (κ1) is 25.7. The number of rotatable bonds is 2. The molecular formula is C22H25ClN2O9. The molecule has 11 nitrogen and oxygen atoms in total. The van der Waals surface area contributed by atoms with E-state index in [1.165, 1.54) is 44.1 Å². The molecule has 0 bridgehead atoms. The van der Waals surface area contributed by atoms with Crippen molar-refractivity contribution in [2.75, 3.05) is 14.1 Å². The quantitative estimate of drug-likeness (QED) is 0.249. The molecule has 0 spiro atoms. The van der Waals surface area contributed by atoms with Gasteiger partial charge in [-0.15, -0.1) is 12.4 Å². The van der Waals surface area contributed by atoms with Crippen molar-refractivity contribution in [1.82, 2.24) is 4.90 Å². The zero-order valence-corrected chi connectivity index (χ0v) is 19.2. The molecule has 1 fully saturated rings. The van der Waals surface area contributed by atoms with Gasteiger partial charge in [0.15, 0.2) is 11.4 Å². The highest BCUT2D eigenvalue weighted by atomic mass is 35.5. The summed E-state index contributed by atoms with van der Waals surface area (Å²) >= 11 is 0. The van der Waals surface area contributed by atoms with Crippen molar-refractivity contribution >= 4 is 35.6 Å². The second-order valence-corrected chi connectivity index (χ2v) is 9.06. The van der Waals surface area contributed by atoms with E-state index in [9.17, 15) is 45.0 Å². The number of phenolic OH excluding ortho intramolecular Hbond substituents is 1. The van der Waals surface area contributed by atoms with Crippen LogP contribution in [-0.2, 0) is 20.0 Å². The Kier molecular flexibility index (Phi) is 5.88. The van der Waals surface area contributed by atoms with Gasteiger partial charge in [0.05, 0.1) is 40.7 Å². The summed E-state index contributed by atoms with van der Waals surface area (Å²) in [7, 11) is 2.80. The number of hydrogen-bond donors (Lipinski definition) is 7. The maximum Gasteiger partial charge on any atom is 0.255 e. The van der Waals surface area contributed by atoms with E-state index in [-0.39, 0.29) is 23.5 Å². The van der Waals surface area contributed by atoms with Crippen LogP contribution in [0.25, 0.3) is 5.76 Å². The third-order valence-corrected chi connectivity index (χ3v) is 7.03. The number of carbonyl (C=O) groups excluding carboxylic acids is 3. The van der Waals surface area contributed by atoms with Crippen molar-refractivity contribution < 1.29 is 45.0 Å². The van der Waals surface area contributed by atoms with Gasteiger partial charge in [0, 0.05) is 0 Å². The van der Waals surface area contributed by atoms with E-state index in [4.69, 9.17) is 5.73 Å². The lowest BCUT2D eigenvalue weighted by Gasteiger charge is -2.55. The molecule has 1 aromatic rings. The molecule has 0 saturated heterocycles. The summed E-state index contributed by atoms with van der Waals surface area (Å²) in [6.45, 7) is 1.25. The number of fused-ring (bicyclic) bond motifs is 3. The molecule has 8 N–H and O–H groups in total. The van der Waals surface area contributed by atoms with Gasteiger partial charge in [0.2, 0.25) is 5.78 Å². The molecule has 34 heavy (non-hydrogen) atoms. The highest BCUT2D eigenvalue weighted by molar-refractivity contribution is 6.24. The van der Waals surface area contributed by atoms with Gasteiger partial charge < -0.3 is 36.4 Å². The first-order valence-electron chi connectivity index (χ1n) is 10.1. The van der Waals surface area contributed by atoms with E-state index in [1.54, 1.807) is 0 Å². The highest BCUT2D eigenvalue weighted by Gasteiger charge is 2.70. The number of nitrogens with zero attached hydrogens (tertiary/aromatic N) is 1. The number of likely N-dealkylation sites (N-methyl/N-ethyl adjacent to an activating group) is 1. The van der Waals surface area contributed by atoms with Gasteiger partial charge in [-0.1, -0.05) is 12.1 Å². The third kappa shape index (κ3) is 2.88. The number of hydrogen-bond acceptors (Lipinski definition) is 10. The molecule has 0 unspecified atom stereocenters. The number of phenols is 1. The average Bonchev–Trinajstić information content (AvgIpc) is 2.70. The Morgan fingerprint density at radius 3 is 2.24 bits per heavy atom. The van der Waals surface area contributed by atoms with E-state index in [0.29, 0.717) is 0 Å². The zero-order valence-electron chi connectivity index (χ0n) is 18.4. The number of primary amides is 1. The largest absolute Gasteiger partial charge is 0.508 e. The topological polar surface area (TPSA) is 202 Å². The van der Waals surface area contributed by atoms with Crippen LogP contribution in [0.1, 0.15) is 18.1 Å². The monoisotopic (exact) mass is 496 g/mol. The first-order valence-corrected chi connectivity index (χ1v) is 10.1. The summed E-state index contributed by atoms with van der Waals surface area (Å²) in [4.78, 5) is 39.9. The normalized spacial score (nSPS) is 34.9. The number of aromatic hydroxyl groups is 1. The lowest BCUT2D eigenvalue weighted by molar-refractivity contribution is -0.181. The molecule has 6 atom stereocenters. The number of halogens is 1. The minimum absolute atomic E-state index is 0. The summed E-state index contributed by atoms with van der Waals surface area (Å²) < 4.78 is 0. The number of benzene rings is 1. The summed E-state index contributed by atoms with van der Waals surface area (Å²) in [6.07, 6.45) is -1.87. The fraction of sp³-hybridized carbons (Fsp3) is 0.409. The fourth-order valence-corrected chi connectivity index (χ4v) is 5.60. The zero-order chi connectivity index (χ0) is 24.8. The van der Waals surface area contributed by atoms with Crippen LogP contribution in [0.3, 0.4) is 0 Å². The molecule has 12 heteroatoms. The summed E-state index contributed by atoms with van der Waals surface area (Å²) in [5.41, 5.74) is -1.78. The van der Waals surface area contributed by atoms with Crippen molar-refractivity contribution in [3.8, 4) is 5.75 Å². The molecule has 1 aromatic carbocycles. The molecular weight excluding hydrogens is 472 g/mol. The van der Waals surface area contributed by atoms with Gasteiger partial charge >= 0.3 is 0 Å². The summed E-state index contributed by atoms with van der Waals surface area (Å²) in [5, 5.41) is 66.3. The van der Waals surface area contributed by atoms with Crippen LogP contribution >= 0.6 is 12.4 Å². The summed E-state index contributed by atoms with van der Waals surface area (Å²) in [6, 6.07) is 2.50. The fourth-order valence-electron chi connectivity index (χ4n) is 5.60. The lowest BCUT2D eigenvalue weighted by Crippen LogP contribution is -2.71. The van der Waals surface area contributed by atoms with Gasteiger partial charge in [-0.3, -0.25) is 19.3 Å². The molecule has 4 rings (SSSR count). The SMILES string of the molecule is CN(C)[C@@H]1C(=O)C(C(N)=O)=C(O)[C@@]2(O)C(=O)C3=C(O)c4c(O)cccc4[C@@](C)(O)[C@@H]3[C@H](O)[C@@H]12.Cl. The average molecular weight is 497 g/mol. The van der Waals surface area contributed by atoms with E-state index in [0.717, 1.165) is 0 Å². The summed E-state index contributed by atoms with van der Waals surface area (Å²) in [5.74, 6) is -9.67. The maximum absolute atomic E-state index is 13.7. The van der Waals surface area contributed by atoms with Crippen LogP contribution in [0, 0.1) is 11.8 Å². The molecule has 3 aliphatic carbocycles.